The summed E-state index contributed by atoms with van der Waals surface area (Å²) in [6.45, 7) is 12.7. The summed E-state index contributed by atoms with van der Waals surface area (Å²) in [5.74, 6) is 0.201. The second-order valence-corrected chi connectivity index (χ2v) is 6.20. The van der Waals surface area contributed by atoms with E-state index in [0.717, 1.165) is 26.2 Å². The highest BCUT2D eigenvalue weighted by atomic mass is 16.2. The Hall–Kier alpha value is -1.08. The number of hydrogen-bond acceptors (Lipinski definition) is 3. The fraction of sp³-hybridized carbons (Fsp3) is 0.846. The molecule has 0 unspecified atom stereocenters. The Morgan fingerprint density at radius 2 is 1.53 bits per heavy atom. The summed E-state index contributed by atoms with van der Waals surface area (Å²) >= 11 is 0. The van der Waals surface area contributed by atoms with E-state index in [-0.39, 0.29) is 11.3 Å². The van der Waals surface area contributed by atoms with Crippen LogP contribution in [-0.4, -0.2) is 47.4 Å². The number of amides is 1. The van der Waals surface area contributed by atoms with E-state index in [4.69, 9.17) is 5.26 Å². The van der Waals surface area contributed by atoms with E-state index in [0.29, 0.717) is 0 Å². The Balaban J connectivity index is 2.59. The highest BCUT2D eigenvalue weighted by Crippen LogP contribution is 2.21. The minimum absolute atomic E-state index is 0.201. The first-order valence-corrected chi connectivity index (χ1v) is 6.14. The van der Waals surface area contributed by atoms with Crippen LogP contribution < -0.4 is 0 Å². The normalized spacial score (nSPS) is 18.9. The summed E-state index contributed by atoms with van der Waals surface area (Å²) in [7, 11) is 0. The maximum Gasteiger partial charge on any atom is 0.228 e. The molecule has 4 nitrogen and oxygen atoms in total. The fourth-order valence-corrected chi connectivity index (χ4v) is 2.01. The van der Waals surface area contributed by atoms with Crippen molar-refractivity contribution >= 4 is 5.91 Å². The summed E-state index contributed by atoms with van der Waals surface area (Å²) in [5, 5.41) is 9.08. The zero-order chi connectivity index (χ0) is 13.3. The van der Waals surface area contributed by atoms with E-state index >= 15 is 0 Å². The van der Waals surface area contributed by atoms with Crippen molar-refractivity contribution in [2.75, 3.05) is 26.2 Å². The van der Waals surface area contributed by atoms with Crippen molar-refractivity contribution in [3.63, 3.8) is 0 Å². The predicted molar refractivity (Wildman–Crippen MR) is 67.3 cm³/mol. The molecule has 1 fully saturated rings. The van der Waals surface area contributed by atoms with Gasteiger partial charge >= 0.3 is 0 Å². The third-order valence-electron chi connectivity index (χ3n) is 3.27. The number of nitrogens with zero attached hydrogens (tertiary/aromatic N) is 3. The monoisotopic (exact) mass is 237 g/mol. The van der Waals surface area contributed by atoms with Crippen LogP contribution in [0.1, 0.15) is 34.6 Å². The SMILES string of the molecule is CC(C)(C)C(=O)N1CCN(C(C)(C)C#N)CC1. The lowest BCUT2D eigenvalue weighted by atomic mass is 9.94. The lowest BCUT2D eigenvalue weighted by molar-refractivity contribution is -0.141. The van der Waals surface area contributed by atoms with Gasteiger partial charge in [0.25, 0.3) is 0 Å². The molecule has 17 heavy (non-hydrogen) atoms. The molecule has 4 heteroatoms. The summed E-state index contributed by atoms with van der Waals surface area (Å²) in [4.78, 5) is 16.1. The van der Waals surface area contributed by atoms with Gasteiger partial charge in [0.05, 0.1) is 6.07 Å². The minimum Gasteiger partial charge on any atom is -0.340 e. The van der Waals surface area contributed by atoms with Crippen LogP contribution in [0.15, 0.2) is 0 Å². The number of hydrogen-bond donors (Lipinski definition) is 0. The Morgan fingerprint density at radius 3 is 1.88 bits per heavy atom. The molecule has 0 aromatic carbocycles. The molecule has 0 aliphatic carbocycles. The van der Waals surface area contributed by atoms with Gasteiger partial charge in [0.15, 0.2) is 0 Å². The largest absolute Gasteiger partial charge is 0.340 e. The lowest BCUT2D eigenvalue weighted by Crippen LogP contribution is -2.56. The number of carbonyl (C=O) groups is 1. The van der Waals surface area contributed by atoms with Crippen LogP contribution in [0, 0.1) is 16.7 Å². The third kappa shape index (κ3) is 3.19. The highest BCUT2D eigenvalue weighted by Gasteiger charge is 2.34. The Bertz CT molecular complexity index is 328. The van der Waals surface area contributed by atoms with Gasteiger partial charge < -0.3 is 4.90 Å². The molecule has 1 aliphatic heterocycles. The molecule has 0 N–H and O–H groups in total. The topological polar surface area (TPSA) is 47.3 Å². The molecule has 0 radical (unpaired) electrons. The van der Waals surface area contributed by atoms with Crippen molar-refractivity contribution in [1.82, 2.24) is 9.80 Å². The Labute approximate surface area is 104 Å². The van der Waals surface area contributed by atoms with Gasteiger partial charge in [-0.15, -0.1) is 0 Å². The van der Waals surface area contributed by atoms with Crippen LogP contribution in [0.2, 0.25) is 0 Å². The molecule has 0 bridgehead atoms. The highest BCUT2D eigenvalue weighted by molar-refractivity contribution is 5.81. The van der Waals surface area contributed by atoms with Crippen LogP contribution in [0.25, 0.3) is 0 Å². The van der Waals surface area contributed by atoms with E-state index in [1.165, 1.54) is 0 Å². The predicted octanol–water partition coefficient (Wildman–Crippen LogP) is 1.48. The van der Waals surface area contributed by atoms with Crippen LogP contribution >= 0.6 is 0 Å². The summed E-state index contributed by atoms with van der Waals surface area (Å²) < 4.78 is 0. The minimum atomic E-state index is -0.434. The molecule has 0 atom stereocenters. The van der Waals surface area contributed by atoms with E-state index in [9.17, 15) is 4.79 Å². The van der Waals surface area contributed by atoms with Crippen LogP contribution in [0.5, 0.6) is 0 Å². The first-order valence-electron chi connectivity index (χ1n) is 6.14. The van der Waals surface area contributed by atoms with Crippen LogP contribution in [-0.2, 0) is 4.79 Å². The number of nitriles is 1. The van der Waals surface area contributed by atoms with Crippen molar-refractivity contribution in [2.24, 2.45) is 5.41 Å². The van der Waals surface area contributed by atoms with Gasteiger partial charge in [-0.1, -0.05) is 20.8 Å². The van der Waals surface area contributed by atoms with Crippen molar-refractivity contribution in [3.05, 3.63) is 0 Å². The van der Waals surface area contributed by atoms with E-state index in [1.54, 1.807) is 0 Å². The van der Waals surface area contributed by atoms with Gasteiger partial charge in [0.1, 0.15) is 5.54 Å². The number of rotatable bonds is 1. The standard InChI is InChI=1S/C13H23N3O/c1-12(2,3)11(17)15-6-8-16(9-7-15)13(4,5)10-14/h6-9H2,1-5H3. The molecular weight excluding hydrogens is 214 g/mol. The molecule has 1 amide bonds. The van der Waals surface area contributed by atoms with E-state index in [1.807, 2.05) is 39.5 Å². The smallest absolute Gasteiger partial charge is 0.228 e. The molecule has 0 aromatic rings. The molecule has 1 aliphatic rings. The number of piperazine rings is 1. The molecular formula is C13H23N3O. The second kappa shape index (κ2) is 4.66. The first kappa shape index (κ1) is 14.0. The molecule has 0 saturated carbocycles. The average molecular weight is 237 g/mol. The first-order chi connectivity index (χ1) is 7.68. The third-order valence-corrected chi connectivity index (χ3v) is 3.27. The molecule has 1 heterocycles. The Morgan fingerprint density at radius 1 is 1.06 bits per heavy atom. The van der Waals surface area contributed by atoms with Gasteiger partial charge in [-0.2, -0.15) is 5.26 Å². The van der Waals surface area contributed by atoms with Crippen molar-refractivity contribution < 1.29 is 4.79 Å². The maximum atomic E-state index is 12.1. The molecule has 1 saturated heterocycles. The van der Waals surface area contributed by atoms with Gasteiger partial charge in [0, 0.05) is 31.6 Å². The molecule has 96 valence electrons. The summed E-state index contributed by atoms with van der Waals surface area (Å²) in [5.41, 5.74) is -0.746. The second-order valence-electron chi connectivity index (χ2n) is 6.20. The summed E-state index contributed by atoms with van der Waals surface area (Å²) in [6, 6.07) is 2.31. The van der Waals surface area contributed by atoms with Crippen molar-refractivity contribution in [2.45, 2.75) is 40.2 Å². The lowest BCUT2D eigenvalue weighted by Gasteiger charge is -2.42. The van der Waals surface area contributed by atoms with Crippen molar-refractivity contribution in [3.8, 4) is 6.07 Å². The van der Waals surface area contributed by atoms with Crippen LogP contribution in [0.3, 0.4) is 0 Å². The molecule has 1 rings (SSSR count). The van der Waals surface area contributed by atoms with Gasteiger partial charge in [-0.3, -0.25) is 9.69 Å². The van der Waals surface area contributed by atoms with Gasteiger partial charge in [0.2, 0.25) is 5.91 Å². The van der Waals surface area contributed by atoms with E-state index < -0.39 is 5.54 Å². The quantitative estimate of drug-likeness (QED) is 0.694. The van der Waals surface area contributed by atoms with Crippen molar-refractivity contribution in [1.29, 1.82) is 5.26 Å². The Kier molecular flexibility index (Phi) is 3.83. The maximum absolute atomic E-state index is 12.1. The molecule has 0 aromatic heterocycles. The fourth-order valence-electron chi connectivity index (χ4n) is 2.01. The molecule has 0 spiro atoms. The van der Waals surface area contributed by atoms with E-state index in [2.05, 4.69) is 11.0 Å². The van der Waals surface area contributed by atoms with Crippen LogP contribution in [0.4, 0.5) is 0 Å². The van der Waals surface area contributed by atoms with Gasteiger partial charge in [-0.05, 0) is 13.8 Å². The number of carbonyl (C=O) groups excluding carboxylic acids is 1. The average Bonchev–Trinajstić information content (AvgIpc) is 2.27. The zero-order valence-electron chi connectivity index (χ0n) is 11.6. The summed E-state index contributed by atoms with van der Waals surface area (Å²) in [6.07, 6.45) is 0. The zero-order valence-corrected chi connectivity index (χ0v) is 11.6. The van der Waals surface area contributed by atoms with Gasteiger partial charge in [-0.25, -0.2) is 0 Å².